The fourth-order valence-corrected chi connectivity index (χ4v) is 6.36. The van der Waals surface area contributed by atoms with Crippen LogP contribution in [0.4, 0.5) is 0 Å². The molecule has 4 heterocycles. The number of hydrogen-bond donors (Lipinski definition) is 0. The zero-order chi connectivity index (χ0) is 21.9. The molecule has 0 radical (unpaired) electrons. The minimum absolute atomic E-state index is 0.00906. The zero-order valence-corrected chi connectivity index (χ0v) is 18.8. The van der Waals surface area contributed by atoms with Crippen molar-refractivity contribution < 1.29 is 38.0 Å². The quantitative estimate of drug-likeness (QED) is 0.432. The third-order valence-electron chi connectivity index (χ3n) is 7.38. The molecule has 5 rings (SSSR count). The molecule has 0 unspecified atom stereocenters. The van der Waals surface area contributed by atoms with Gasteiger partial charge in [0.05, 0.1) is 11.5 Å². The summed E-state index contributed by atoms with van der Waals surface area (Å²) in [5, 5.41) is 0. The van der Waals surface area contributed by atoms with E-state index in [2.05, 4.69) is 6.58 Å². The smallest absolute Gasteiger partial charge is 0.191 e. The summed E-state index contributed by atoms with van der Waals surface area (Å²) in [6.07, 6.45) is 0.0339. The lowest BCUT2D eigenvalue weighted by Crippen LogP contribution is -2.72. The normalized spacial score (nSPS) is 48.6. The Kier molecular flexibility index (Phi) is 5.46. The van der Waals surface area contributed by atoms with Gasteiger partial charge in [-0.1, -0.05) is 19.9 Å². The van der Waals surface area contributed by atoms with Gasteiger partial charge in [-0.25, -0.2) is 0 Å². The number of carbonyl (C=O) groups excluding carboxylic acids is 1. The lowest BCUT2D eigenvalue weighted by molar-refractivity contribution is -0.358. The van der Waals surface area contributed by atoms with E-state index in [0.717, 1.165) is 0 Å². The van der Waals surface area contributed by atoms with Gasteiger partial charge in [0.2, 0.25) is 0 Å². The van der Waals surface area contributed by atoms with E-state index in [9.17, 15) is 4.79 Å². The van der Waals surface area contributed by atoms with Gasteiger partial charge in [-0.3, -0.25) is 4.79 Å². The molecule has 8 atom stereocenters. The summed E-state index contributed by atoms with van der Waals surface area (Å²) in [6, 6.07) is 0. The van der Waals surface area contributed by atoms with E-state index >= 15 is 0 Å². The van der Waals surface area contributed by atoms with Crippen molar-refractivity contribution >= 4 is 5.78 Å². The maximum atomic E-state index is 13.9. The summed E-state index contributed by atoms with van der Waals surface area (Å²) < 4.78 is 42.3. The molecule has 4 aliphatic heterocycles. The van der Waals surface area contributed by atoms with Gasteiger partial charge < -0.3 is 33.2 Å². The van der Waals surface area contributed by atoms with Crippen LogP contribution in [0.1, 0.15) is 40.5 Å². The third-order valence-corrected chi connectivity index (χ3v) is 7.38. The van der Waals surface area contributed by atoms with E-state index in [1.54, 1.807) is 14.2 Å². The molecule has 8 heteroatoms. The van der Waals surface area contributed by atoms with Crippen LogP contribution in [0.2, 0.25) is 0 Å². The van der Waals surface area contributed by atoms with Crippen LogP contribution >= 0.6 is 0 Å². The van der Waals surface area contributed by atoms with Gasteiger partial charge in [0.25, 0.3) is 0 Å². The molecule has 0 aromatic rings. The Morgan fingerprint density at radius 1 is 1.07 bits per heavy atom. The maximum absolute atomic E-state index is 13.9. The summed E-state index contributed by atoms with van der Waals surface area (Å²) in [4.78, 5) is 13.9. The lowest BCUT2D eigenvalue weighted by atomic mass is 9.62. The number of ether oxygens (including phenoxy) is 7. The van der Waals surface area contributed by atoms with E-state index in [1.807, 2.05) is 33.8 Å². The van der Waals surface area contributed by atoms with Crippen LogP contribution < -0.4 is 0 Å². The van der Waals surface area contributed by atoms with Gasteiger partial charge in [-0.05, 0) is 26.7 Å². The molecule has 30 heavy (non-hydrogen) atoms. The number of carbonyl (C=O) groups is 1. The SMILES string of the molecule is C=CC[C@]12O[C@@H]3C[C@@]4(C)[C@H](OCOC)C(=O)[C@H](OC(C)(C)O[C@H]41)[C@]3(C)[C@@H]2OCOC. The van der Waals surface area contributed by atoms with Crippen molar-refractivity contribution in [2.24, 2.45) is 10.8 Å². The highest BCUT2D eigenvalue weighted by molar-refractivity contribution is 5.90. The first-order valence-corrected chi connectivity index (χ1v) is 10.5. The van der Waals surface area contributed by atoms with E-state index in [-0.39, 0.29) is 25.5 Å². The predicted molar refractivity (Wildman–Crippen MR) is 106 cm³/mol. The average molecular weight is 427 g/mol. The van der Waals surface area contributed by atoms with Crippen LogP contribution in [0.3, 0.4) is 0 Å². The summed E-state index contributed by atoms with van der Waals surface area (Å²) >= 11 is 0. The van der Waals surface area contributed by atoms with Gasteiger partial charge in [0.15, 0.2) is 11.6 Å². The molecule has 1 aliphatic carbocycles. The van der Waals surface area contributed by atoms with Crippen molar-refractivity contribution in [3.63, 3.8) is 0 Å². The van der Waals surface area contributed by atoms with Crippen LogP contribution in [0.15, 0.2) is 12.7 Å². The van der Waals surface area contributed by atoms with Crippen LogP contribution in [-0.2, 0) is 38.0 Å². The highest BCUT2D eigenvalue weighted by Crippen LogP contribution is 2.67. The molecule has 0 aromatic carbocycles. The van der Waals surface area contributed by atoms with E-state index < -0.39 is 46.6 Å². The number of rotatable bonds is 8. The fourth-order valence-electron chi connectivity index (χ4n) is 6.36. The van der Waals surface area contributed by atoms with Crippen molar-refractivity contribution in [2.45, 2.75) is 82.4 Å². The Balaban J connectivity index is 1.95. The number of fused-ring (bicyclic) bond motifs is 3. The van der Waals surface area contributed by atoms with Crippen molar-refractivity contribution in [1.82, 2.24) is 0 Å². The summed E-state index contributed by atoms with van der Waals surface area (Å²) in [6.45, 7) is 11.8. The molecule has 8 nitrogen and oxygen atoms in total. The fraction of sp³-hybridized carbons (Fsp3) is 0.864. The second kappa shape index (κ2) is 7.33. The Morgan fingerprint density at radius 3 is 2.37 bits per heavy atom. The third kappa shape index (κ3) is 2.81. The first-order chi connectivity index (χ1) is 14.1. The number of ketones is 1. The number of hydrogen-bond acceptors (Lipinski definition) is 8. The van der Waals surface area contributed by atoms with E-state index in [0.29, 0.717) is 12.8 Å². The highest BCUT2D eigenvalue weighted by atomic mass is 16.7. The minimum atomic E-state index is -0.985. The van der Waals surface area contributed by atoms with Gasteiger partial charge in [0.1, 0.15) is 43.6 Å². The Morgan fingerprint density at radius 2 is 1.73 bits per heavy atom. The second-order valence-corrected chi connectivity index (χ2v) is 9.83. The Labute approximate surface area is 178 Å². The molecular formula is C22H34O8. The van der Waals surface area contributed by atoms with Gasteiger partial charge in [-0.2, -0.15) is 0 Å². The molecule has 0 spiro atoms. The highest BCUT2D eigenvalue weighted by Gasteiger charge is 2.80. The van der Waals surface area contributed by atoms with Gasteiger partial charge in [0, 0.05) is 19.6 Å². The summed E-state index contributed by atoms with van der Waals surface area (Å²) in [7, 11) is 3.12. The van der Waals surface area contributed by atoms with Crippen molar-refractivity contribution in [3.05, 3.63) is 12.7 Å². The minimum Gasteiger partial charge on any atom is -0.365 e. The van der Waals surface area contributed by atoms with Crippen molar-refractivity contribution in [1.29, 1.82) is 0 Å². The van der Waals surface area contributed by atoms with Crippen molar-refractivity contribution in [2.75, 3.05) is 27.8 Å². The molecule has 0 amide bonds. The maximum Gasteiger partial charge on any atom is 0.191 e. The standard InChI is InChI=1S/C22H34O8/c1-8-9-22-17-20(4)10-13(28-22)21(5,18(22)27-12-25-7)16(29-19(2,3)30-17)14(23)15(20)26-11-24-6/h8,13,15-18H,1,9-12H2,2-7H3/t13-,15-,16+,17-,18+,20+,21-,22+/m1/s1. The molecule has 170 valence electrons. The Bertz CT molecular complexity index is 709. The van der Waals surface area contributed by atoms with Gasteiger partial charge in [-0.15, -0.1) is 6.58 Å². The number of Topliss-reactive ketones (excluding diaryl/α,β-unsaturated/α-hetero) is 1. The van der Waals surface area contributed by atoms with Crippen LogP contribution in [0.25, 0.3) is 0 Å². The van der Waals surface area contributed by atoms with Crippen LogP contribution in [0.5, 0.6) is 0 Å². The van der Waals surface area contributed by atoms with E-state index in [1.165, 1.54) is 0 Å². The van der Waals surface area contributed by atoms with Crippen LogP contribution in [0, 0.1) is 10.8 Å². The van der Waals surface area contributed by atoms with E-state index in [4.69, 9.17) is 33.2 Å². The Hall–Kier alpha value is -0.870. The molecule has 6 bridgehead atoms. The molecule has 0 aromatic heterocycles. The summed E-state index contributed by atoms with van der Waals surface area (Å²) in [5.74, 6) is -1.11. The van der Waals surface area contributed by atoms with Crippen LogP contribution in [-0.4, -0.2) is 75.5 Å². The topological polar surface area (TPSA) is 81.7 Å². The first-order valence-electron chi connectivity index (χ1n) is 10.5. The molecule has 0 N–H and O–H groups in total. The zero-order valence-electron chi connectivity index (χ0n) is 18.8. The second-order valence-electron chi connectivity index (χ2n) is 9.83. The summed E-state index contributed by atoms with van der Waals surface area (Å²) in [5.41, 5.74) is -2.26. The lowest BCUT2D eigenvalue weighted by Gasteiger charge is -2.58. The number of methoxy groups -OCH3 is 2. The molecule has 5 aliphatic rings. The van der Waals surface area contributed by atoms with Crippen molar-refractivity contribution in [3.8, 4) is 0 Å². The monoisotopic (exact) mass is 426 g/mol. The molecule has 5 fully saturated rings. The largest absolute Gasteiger partial charge is 0.365 e. The average Bonchev–Trinajstić information content (AvgIpc) is 2.87. The predicted octanol–water partition coefficient (Wildman–Crippen LogP) is 2.20. The first kappa shape index (κ1) is 22.3. The molecule has 4 saturated heterocycles. The van der Waals surface area contributed by atoms with Gasteiger partial charge >= 0.3 is 0 Å². The molecule has 1 saturated carbocycles. The molecular weight excluding hydrogens is 392 g/mol.